The molecule has 0 saturated carbocycles. The molecule has 1 fully saturated rings. The van der Waals surface area contributed by atoms with E-state index >= 15 is 0 Å². The van der Waals surface area contributed by atoms with E-state index in [4.69, 9.17) is 26.3 Å². The fraction of sp³-hybridized carbons (Fsp3) is 0.545. The summed E-state index contributed by atoms with van der Waals surface area (Å²) in [7, 11) is -3.10. The normalized spacial score (nSPS) is 18.6. The number of aromatic nitrogens is 2. The molecule has 0 bridgehead atoms. The van der Waals surface area contributed by atoms with Crippen molar-refractivity contribution in [1.82, 2.24) is 9.97 Å². The lowest BCUT2D eigenvalue weighted by atomic mass is 9.82. The number of ether oxygens (including phenoxy) is 1. The number of rotatable bonds is 6. The number of fused-ring (bicyclic) bond motifs is 1. The van der Waals surface area contributed by atoms with Gasteiger partial charge in [-0.05, 0) is 50.7 Å². The van der Waals surface area contributed by atoms with E-state index in [1.165, 1.54) is 6.26 Å². The third-order valence-electron chi connectivity index (χ3n) is 6.02. The molecule has 0 unspecified atom stereocenters. The van der Waals surface area contributed by atoms with Gasteiger partial charge >= 0.3 is 0 Å². The summed E-state index contributed by atoms with van der Waals surface area (Å²) in [6, 6.07) is 7.57. The van der Waals surface area contributed by atoms with Crippen molar-refractivity contribution in [2.75, 3.05) is 37.1 Å². The van der Waals surface area contributed by atoms with Gasteiger partial charge in [0.05, 0.1) is 5.75 Å². The van der Waals surface area contributed by atoms with E-state index in [1.54, 1.807) is 0 Å². The van der Waals surface area contributed by atoms with Crippen LogP contribution in [0.25, 0.3) is 11.4 Å². The van der Waals surface area contributed by atoms with Gasteiger partial charge in [0.15, 0.2) is 5.82 Å². The van der Waals surface area contributed by atoms with Gasteiger partial charge in [0.2, 0.25) is 0 Å². The number of aryl methyl sites for hydroxylation is 1. The first-order valence-electron chi connectivity index (χ1n) is 10.5. The second-order valence-electron chi connectivity index (χ2n) is 8.57. The summed E-state index contributed by atoms with van der Waals surface area (Å²) in [5, 5.41) is 4.18. The van der Waals surface area contributed by atoms with Crippen molar-refractivity contribution in [2.45, 2.75) is 38.5 Å². The molecule has 2 aromatic rings. The van der Waals surface area contributed by atoms with Crippen LogP contribution in [0.4, 0.5) is 5.82 Å². The third kappa shape index (κ3) is 5.13. The van der Waals surface area contributed by atoms with E-state index in [1.807, 2.05) is 24.3 Å². The summed E-state index contributed by atoms with van der Waals surface area (Å²) in [4.78, 5) is 9.68. The Bertz CT molecular complexity index is 1020. The van der Waals surface area contributed by atoms with Crippen molar-refractivity contribution in [1.29, 1.82) is 0 Å². The molecule has 2 aliphatic rings. The van der Waals surface area contributed by atoms with Crippen molar-refractivity contribution in [3.8, 4) is 11.4 Å². The Kier molecular flexibility index (Phi) is 6.32. The van der Waals surface area contributed by atoms with Gasteiger partial charge in [-0.2, -0.15) is 0 Å². The Balaban J connectivity index is 1.66. The van der Waals surface area contributed by atoms with Crippen LogP contribution in [0, 0.1) is 5.41 Å². The zero-order chi connectivity index (χ0) is 21.2. The number of sulfone groups is 1. The van der Waals surface area contributed by atoms with E-state index < -0.39 is 9.84 Å². The van der Waals surface area contributed by atoms with Crippen LogP contribution in [0.5, 0.6) is 0 Å². The van der Waals surface area contributed by atoms with Crippen molar-refractivity contribution in [2.24, 2.45) is 5.41 Å². The van der Waals surface area contributed by atoms with Crippen LogP contribution in [0.2, 0.25) is 5.02 Å². The molecule has 1 saturated heterocycles. The van der Waals surface area contributed by atoms with Gasteiger partial charge in [0, 0.05) is 53.3 Å². The van der Waals surface area contributed by atoms with E-state index in [-0.39, 0.29) is 11.2 Å². The van der Waals surface area contributed by atoms with Crippen molar-refractivity contribution in [3.05, 3.63) is 40.5 Å². The smallest absolute Gasteiger partial charge is 0.161 e. The zero-order valence-corrected chi connectivity index (χ0v) is 18.9. The molecular weight excluding hydrogens is 422 g/mol. The maximum Gasteiger partial charge on any atom is 0.161 e. The van der Waals surface area contributed by atoms with E-state index in [0.29, 0.717) is 30.6 Å². The molecule has 0 amide bonds. The van der Waals surface area contributed by atoms with Crippen LogP contribution in [0.1, 0.15) is 36.9 Å². The van der Waals surface area contributed by atoms with Crippen molar-refractivity contribution < 1.29 is 13.2 Å². The van der Waals surface area contributed by atoms with Crippen LogP contribution in [0.3, 0.4) is 0 Å². The molecule has 2 heterocycles. The summed E-state index contributed by atoms with van der Waals surface area (Å²) in [5.74, 6) is 1.64. The molecule has 0 spiro atoms. The highest BCUT2D eigenvalue weighted by atomic mass is 35.5. The monoisotopic (exact) mass is 449 g/mol. The molecule has 30 heavy (non-hydrogen) atoms. The molecule has 1 aromatic heterocycles. The van der Waals surface area contributed by atoms with Gasteiger partial charge in [0.1, 0.15) is 15.7 Å². The first kappa shape index (κ1) is 21.5. The Labute approximate surface area is 183 Å². The van der Waals surface area contributed by atoms with Gasteiger partial charge in [-0.3, -0.25) is 0 Å². The van der Waals surface area contributed by atoms with Crippen LogP contribution >= 0.6 is 11.6 Å². The van der Waals surface area contributed by atoms with Crippen molar-refractivity contribution in [3.63, 3.8) is 0 Å². The number of anilines is 1. The van der Waals surface area contributed by atoms with Crippen LogP contribution in [-0.2, 0) is 27.4 Å². The Hall–Kier alpha value is -1.70. The average Bonchev–Trinajstić information content (AvgIpc) is 2.71. The molecule has 162 valence electrons. The minimum atomic E-state index is -3.10. The topological polar surface area (TPSA) is 81.2 Å². The highest BCUT2D eigenvalue weighted by molar-refractivity contribution is 7.90. The molecule has 4 rings (SSSR count). The average molecular weight is 450 g/mol. The quantitative estimate of drug-likeness (QED) is 0.719. The highest BCUT2D eigenvalue weighted by Crippen LogP contribution is 2.34. The molecule has 1 aromatic carbocycles. The molecule has 0 radical (unpaired) electrons. The third-order valence-corrected chi connectivity index (χ3v) is 7.39. The van der Waals surface area contributed by atoms with E-state index in [0.717, 1.165) is 61.2 Å². The zero-order valence-electron chi connectivity index (χ0n) is 17.3. The molecule has 1 N–H and O–H groups in total. The second kappa shape index (κ2) is 8.81. The highest BCUT2D eigenvalue weighted by Gasteiger charge is 2.36. The van der Waals surface area contributed by atoms with Gasteiger partial charge in [-0.1, -0.05) is 23.7 Å². The number of hydrogen-bond acceptors (Lipinski definition) is 6. The first-order valence-corrected chi connectivity index (χ1v) is 12.9. The van der Waals surface area contributed by atoms with Gasteiger partial charge in [0.25, 0.3) is 0 Å². The number of nitrogens with one attached hydrogen (secondary N) is 1. The summed E-state index contributed by atoms with van der Waals surface area (Å²) >= 11 is 6.18. The predicted octanol–water partition coefficient (Wildman–Crippen LogP) is 3.93. The van der Waals surface area contributed by atoms with Gasteiger partial charge < -0.3 is 10.1 Å². The Morgan fingerprint density at radius 2 is 1.93 bits per heavy atom. The number of nitrogens with zero attached hydrogens (tertiary/aromatic N) is 2. The summed E-state index contributed by atoms with van der Waals surface area (Å²) in [5.41, 5.74) is 2.79. The fourth-order valence-electron chi connectivity index (χ4n) is 4.50. The van der Waals surface area contributed by atoms with Crippen molar-refractivity contribution >= 4 is 27.3 Å². The lowest BCUT2D eigenvalue weighted by Crippen LogP contribution is -2.41. The first-order chi connectivity index (χ1) is 14.3. The van der Waals surface area contributed by atoms with Crippen LogP contribution in [0.15, 0.2) is 24.3 Å². The maximum atomic E-state index is 12.1. The summed E-state index contributed by atoms with van der Waals surface area (Å²) in [6.45, 7) is 1.74. The minimum absolute atomic E-state index is 0.158. The lowest BCUT2D eigenvalue weighted by Gasteiger charge is -2.37. The summed E-state index contributed by atoms with van der Waals surface area (Å²) in [6.07, 6.45) is 6.87. The summed E-state index contributed by atoms with van der Waals surface area (Å²) < 4.78 is 29.7. The largest absolute Gasteiger partial charge is 0.381 e. The van der Waals surface area contributed by atoms with E-state index in [2.05, 4.69) is 5.32 Å². The predicted molar refractivity (Wildman–Crippen MR) is 120 cm³/mol. The molecule has 1 aliphatic heterocycles. The number of benzene rings is 1. The molecule has 0 atom stereocenters. The van der Waals surface area contributed by atoms with Crippen LogP contribution in [-0.4, -0.2) is 50.2 Å². The number of halogens is 1. The lowest BCUT2D eigenvalue weighted by molar-refractivity contribution is 0.0315. The van der Waals surface area contributed by atoms with Crippen LogP contribution < -0.4 is 5.32 Å². The van der Waals surface area contributed by atoms with E-state index in [9.17, 15) is 8.42 Å². The fourth-order valence-corrected chi connectivity index (χ4v) is 6.19. The maximum absolute atomic E-state index is 12.1. The molecule has 8 heteroatoms. The van der Waals surface area contributed by atoms with Gasteiger partial charge in [-0.15, -0.1) is 0 Å². The SMILES string of the molecule is CS(=O)(=O)CC1(CNc2nc(-c3cccc(Cl)c3)nc3c2CCCC3)CCOCC1. The standard InChI is InChI=1S/C22H28ClN3O3S/c1-30(27,28)15-22(9-11-29-12-10-22)14-24-21-18-7-2-3-8-19(18)25-20(26-21)16-5-4-6-17(23)13-16/h4-6,13H,2-3,7-12,14-15H2,1H3,(H,24,25,26). The molecular formula is C22H28ClN3O3S. The Morgan fingerprint density at radius 1 is 1.17 bits per heavy atom. The molecule has 1 aliphatic carbocycles. The second-order valence-corrected chi connectivity index (χ2v) is 11.2. The minimum Gasteiger partial charge on any atom is -0.381 e. The number of hydrogen-bond donors (Lipinski definition) is 1. The Morgan fingerprint density at radius 3 is 2.67 bits per heavy atom. The molecule has 6 nitrogen and oxygen atoms in total. The van der Waals surface area contributed by atoms with Gasteiger partial charge in [-0.25, -0.2) is 18.4 Å².